The molecule has 0 radical (unpaired) electrons. The molecule has 16 heteroatoms. The topological polar surface area (TPSA) is 269 Å². The number of fused-ring (bicyclic) bond motifs is 1. The van der Waals surface area contributed by atoms with Crippen LogP contribution in [0.5, 0.6) is 23.0 Å². The van der Waals surface area contributed by atoms with Gasteiger partial charge in [-0.15, -0.1) is 0 Å². The monoisotopic (exact) mass is 610 g/mol. The minimum Gasteiger partial charge on any atom is -0.508 e. The van der Waals surface area contributed by atoms with Gasteiger partial charge in [-0.25, -0.2) is 0 Å². The molecule has 0 unspecified atom stereocenters. The van der Waals surface area contributed by atoms with Crippen molar-refractivity contribution in [1.29, 1.82) is 0 Å². The Labute approximate surface area is 241 Å². The first-order valence-corrected chi connectivity index (χ1v) is 13.0. The Morgan fingerprint density at radius 2 is 1.21 bits per heavy atom. The van der Waals surface area contributed by atoms with Crippen molar-refractivity contribution in [2.24, 2.45) is 0 Å². The van der Waals surface area contributed by atoms with Crippen LogP contribution < -0.4 is 14.9 Å². The average molecular weight is 611 g/mol. The SMILES string of the molecule is O=c1c(O[C@@H]2O[C@H](CO)[C@@H](O)[C@H](O)[C@H]2O)c(-c2ccc(O)cc2)oc2cc(O)cc(O[C@@H]3O[C@H](CO)[C@@H](O)[C@H](O)[C@H]3O)c12. The molecule has 0 amide bonds. The van der Waals surface area contributed by atoms with Crippen molar-refractivity contribution in [2.75, 3.05) is 13.2 Å². The Balaban J connectivity index is 1.64. The zero-order chi connectivity index (χ0) is 31.2. The van der Waals surface area contributed by atoms with E-state index in [0.29, 0.717) is 0 Å². The van der Waals surface area contributed by atoms with Crippen LogP contribution in [0.15, 0.2) is 45.6 Å². The lowest BCUT2D eigenvalue weighted by Crippen LogP contribution is -2.60. The molecule has 2 aliphatic heterocycles. The van der Waals surface area contributed by atoms with Gasteiger partial charge in [-0.2, -0.15) is 0 Å². The number of ether oxygens (including phenoxy) is 4. The molecule has 2 fully saturated rings. The summed E-state index contributed by atoms with van der Waals surface area (Å²) in [6, 6.07) is 7.26. The number of rotatable bonds is 7. The third kappa shape index (κ3) is 5.73. The van der Waals surface area contributed by atoms with Crippen molar-refractivity contribution in [3.8, 4) is 34.3 Å². The molecule has 0 bridgehead atoms. The second-order valence-electron chi connectivity index (χ2n) is 10.1. The maximum atomic E-state index is 14.0. The molecule has 43 heavy (non-hydrogen) atoms. The summed E-state index contributed by atoms with van der Waals surface area (Å²) in [4.78, 5) is 14.0. The molecular formula is C27H30O16. The lowest BCUT2D eigenvalue weighted by atomic mass is 9.99. The number of aliphatic hydroxyl groups is 8. The molecule has 0 aliphatic carbocycles. The van der Waals surface area contributed by atoms with Gasteiger partial charge >= 0.3 is 0 Å². The summed E-state index contributed by atoms with van der Waals surface area (Å²) in [5.74, 6) is -1.99. The summed E-state index contributed by atoms with van der Waals surface area (Å²) in [6.45, 7) is -1.54. The van der Waals surface area contributed by atoms with E-state index in [1.807, 2.05) is 0 Å². The first-order valence-electron chi connectivity index (χ1n) is 13.0. The van der Waals surface area contributed by atoms with E-state index >= 15 is 0 Å². The Hall–Kier alpha value is -3.55. The summed E-state index contributed by atoms with van der Waals surface area (Å²) in [7, 11) is 0. The molecule has 10 atom stereocenters. The van der Waals surface area contributed by atoms with Crippen LogP contribution in [0.2, 0.25) is 0 Å². The molecular weight excluding hydrogens is 580 g/mol. The Morgan fingerprint density at radius 3 is 1.74 bits per heavy atom. The van der Waals surface area contributed by atoms with Crippen molar-refractivity contribution in [3.63, 3.8) is 0 Å². The third-order valence-electron chi connectivity index (χ3n) is 7.21. The van der Waals surface area contributed by atoms with Crippen molar-refractivity contribution in [2.45, 2.75) is 61.4 Å². The molecule has 2 aromatic carbocycles. The van der Waals surface area contributed by atoms with Gasteiger partial charge in [0.25, 0.3) is 0 Å². The molecule has 16 nitrogen and oxygen atoms in total. The van der Waals surface area contributed by atoms with Crippen LogP contribution in [0, 0.1) is 0 Å². The highest BCUT2D eigenvalue weighted by Crippen LogP contribution is 2.39. The number of hydrogen-bond acceptors (Lipinski definition) is 16. The van der Waals surface area contributed by atoms with Crippen LogP contribution in [0.1, 0.15) is 0 Å². The molecule has 10 N–H and O–H groups in total. The quantitative estimate of drug-likeness (QED) is 0.130. The molecule has 0 saturated carbocycles. The third-order valence-corrected chi connectivity index (χ3v) is 7.21. The van der Waals surface area contributed by atoms with Crippen LogP contribution in [-0.4, -0.2) is 126 Å². The van der Waals surface area contributed by atoms with Crippen molar-refractivity contribution in [3.05, 3.63) is 46.6 Å². The van der Waals surface area contributed by atoms with E-state index in [-0.39, 0.29) is 22.7 Å². The minimum atomic E-state index is -1.91. The van der Waals surface area contributed by atoms with Gasteiger partial charge in [0, 0.05) is 17.7 Å². The predicted molar refractivity (Wildman–Crippen MR) is 140 cm³/mol. The zero-order valence-electron chi connectivity index (χ0n) is 22.1. The van der Waals surface area contributed by atoms with E-state index in [4.69, 9.17) is 23.4 Å². The van der Waals surface area contributed by atoms with Gasteiger partial charge in [0.2, 0.25) is 23.8 Å². The van der Waals surface area contributed by atoms with Crippen molar-refractivity contribution in [1.82, 2.24) is 0 Å². The second-order valence-corrected chi connectivity index (χ2v) is 10.1. The largest absolute Gasteiger partial charge is 0.508 e. The van der Waals surface area contributed by atoms with E-state index in [0.717, 1.165) is 12.1 Å². The molecule has 3 heterocycles. The fraction of sp³-hybridized carbons (Fsp3) is 0.444. The highest BCUT2D eigenvalue weighted by Gasteiger charge is 2.46. The van der Waals surface area contributed by atoms with E-state index in [2.05, 4.69) is 0 Å². The van der Waals surface area contributed by atoms with Crippen molar-refractivity contribution < 1.29 is 74.4 Å². The molecule has 0 spiro atoms. The van der Waals surface area contributed by atoms with Gasteiger partial charge in [-0.05, 0) is 24.3 Å². The average Bonchev–Trinajstić information content (AvgIpc) is 2.98. The fourth-order valence-corrected chi connectivity index (χ4v) is 4.83. The Bertz CT molecular complexity index is 1490. The smallest absolute Gasteiger partial charge is 0.239 e. The highest BCUT2D eigenvalue weighted by molar-refractivity contribution is 5.88. The normalized spacial score (nSPS) is 32.9. The zero-order valence-corrected chi connectivity index (χ0v) is 22.1. The Morgan fingerprint density at radius 1 is 0.674 bits per heavy atom. The van der Waals surface area contributed by atoms with Crippen LogP contribution in [0.4, 0.5) is 0 Å². The first-order chi connectivity index (χ1) is 20.4. The summed E-state index contributed by atoms with van der Waals surface area (Å²) < 4.78 is 28.0. The molecule has 2 saturated heterocycles. The lowest BCUT2D eigenvalue weighted by Gasteiger charge is -2.39. The maximum absolute atomic E-state index is 14.0. The van der Waals surface area contributed by atoms with E-state index in [9.17, 15) is 55.9 Å². The van der Waals surface area contributed by atoms with E-state index in [1.54, 1.807) is 0 Å². The number of phenolic OH excluding ortho intramolecular Hbond substituents is 2. The second kappa shape index (κ2) is 12.2. The van der Waals surface area contributed by atoms with Crippen LogP contribution in [-0.2, 0) is 9.47 Å². The van der Waals surface area contributed by atoms with Crippen LogP contribution in [0.25, 0.3) is 22.3 Å². The van der Waals surface area contributed by atoms with Gasteiger partial charge in [-0.1, -0.05) is 0 Å². The van der Waals surface area contributed by atoms with E-state index in [1.165, 1.54) is 24.3 Å². The molecule has 5 rings (SSSR count). The number of phenols is 2. The number of benzene rings is 2. The summed E-state index contributed by atoms with van der Waals surface area (Å²) >= 11 is 0. The summed E-state index contributed by atoms with van der Waals surface area (Å²) in [6.07, 6.45) is -17.2. The lowest BCUT2D eigenvalue weighted by molar-refractivity contribution is -0.277. The van der Waals surface area contributed by atoms with Crippen LogP contribution >= 0.6 is 0 Å². The van der Waals surface area contributed by atoms with Gasteiger partial charge in [0.05, 0.1) is 13.2 Å². The van der Waals surface area contributed by atoms with Gasteiger partial charge < -0.3 is 74.4 Å². The maximum Gasteiger partial charge on any atom is 0.239 e. The molecule has 234 valence electrons. The standard InChI is InChI=1S/C27H30O16/c28-7-14-17(32)20(35)22(37)26(41-14)40-13-6-11(31)5-12-16(13)19(34)25(24(39-12)9-1-3-10(30)4-2-9)43-27-23(38)21(36)18(33)15(8-29)42-27/h1-6,14-15,17-18,20-23,26-33,35-38H,7-8H2/t14-,15-,17-,18-,20+,21+,22-,23-,26-,27+/m1/s1. The minimum absolute atomic E-state index is 0.129. The van der Waals surface area contributed by atoms with Gasteiger partial charge in [0.1, 0.15) is 77.0 Å². The molecule has 3 aromatic rings. The summed E-state index contributed by atoms with van der Waals surface area (Å²) in [5, 5.41) is 100. The first kappa shape index (κ1) is 30.9. The van der Waals surface area contributed by atoms with Crippen LogP contribution in [0.3, 0.4) is 0 Å². The number of aromatic hydroxyl groups is 2. The predicted octanol–water partition coefficient (Wildman–Crippen LogP) is -2.77. The van der Waals surface area contributed by atoms with Gasteiger partial charge in [-0.3, -0.25) is 4.79 Å². The summed E-state index contributed by atoms with van der Waals surface area (Å²) in [5.41, 5.74) is -1.12. The molecule has 1 aromatic heterocycles. The Kier molecular flexibility index (Phi) is 8.77. The fourth-order valence-electron chi connectivity index (χ4n) is 4.83. The highest BCUT2D eigenvalue weighted by atomic mass is 16.7. The molecule has 2 aliphatic rings. The number of aliphatic hydroxyl groups excluding tert-OH is 8. The van der Waals surface area contributed by atoms with E-state index < -0.39 is 103 Å². The van der Waals surface area contributed by atoms with Gasteiger partial charge in [0.15, 0.2) is 5.76 Å². The van der Waals surface area contributed by atoms with Crippen molar-refractivity contribution >= 4 is 11.0 Å². The number of hydrogen-bond donors (Lipinski definition) is 10.